The molecule has 3 heteroatoms. The van der Waals surface area contributed by atoms with Crippen LogP contribution in [-0.2, 0) is 9.53 Å². The molecule has 1 atom stereocenters. The third kappa shape index (κ3) is 2.01. The molecule has 0 bridgehead atoms. The zero-order valence-corrected chi connectivity index (χ0v) is 10.8. The van der Waals surface area contributed by atoms with E-state index in [0.29, 0.717) is 6.42 Å². The Morgan fingerprint density at radius 1 is 1.50 bits per heavy atom. The molecule has 0 aromatic heterocycles. The zero-order valence-electron chi connectivity index (χ0n) is 10.8. The molecule has 1 aliphatic heterocycles. The minimum absolute atomic E-state index is 0.163. The highest BCUT2D eigenvalue weighted by Crippen LogP contribution is 2.37. The maximum absolute atomic E-state index is 12.2. The second kappa shape index (κ2) is 5.25. The highest BCUT2D eigenvalue weighted by molar-refractivity contribution is 5.86. The predicted molar refractivity (Wildman–Crippen MR) is 72.6 cm³/mol. The highest BCUT2D eigenvalue weighted by Gasteiger charge is 2.47. The van der Waals surface area contributed by atoms with Crippen LogP contribution in [0.2, 0.25) is 0 Å². The van der Waals surface area contributed by atoms with Crippen molar-refractivity contribution in [3.05, 3.63) is 43.0 Å². The molecule has 0 amide bonds. The molecule has 2 rings (SSSR count). The van der Waals surface area contributed by atoms with Gasteiger partial charge in [-0.25, -0.2) is 4.79 Å². The smallest absolute Gasteiger partial charge is 0.332 e. The van der Waals surface area contributed by atoms with E-state index in [1.165, 1.54) is 7.11 Å². The van der Waals surface area contributed by atoms with Crippen LogP contribution in [0.4, 0.5) is 5.69 Å². The predicted octanol–water partition coefficient (Wildman–Crippen LogP) is 2.77. The van der Waals surface area contributed by atoms with Crippen molar-refractivity contribution < 1.29 is 9.53 Å². The average molecular weight is 245 g/mol. The van der Waals surface area contributed by atoms with Crippen LogP contribution in [0.1, 0.15) is 19.3 Å². The molecule has 0 N–H and O–H groups in total. The standard InChI is InChI=1S/C15H19NO2/c1-3-10-15(14(17)18-2)11-7-12-16(15)13-8-5-4-6-9-13/h3-6,8-9H,1,7,10-12H2,2H3/t15-/m1/s1. The Bertz CT molecular complexity index is 429. The second-order valence-corrected chi connectivity index (χ2v) is 4.61. The van der Waals surface area contributed by atoms with Crippen LogP contribution in [0.25, 0.3) is 0 Å². The molecule has 0 spiro atoms. The maximum Gasteiger partial charge on any atom is 0.332 e. The molecule has 1 aromatic carbocycles. The Hall–Kier alpha value is -1.77. The van der Waals surface area contributed by atoms with E-state index in [9.17, 15) is 4.79 Å². The van der Waals surface area contributed by atoms with Gasteiger partial charge in [-0.3, -0.25) is 0 Å². The molecular formula is C15H19NO2. The SMILES string of the molecule is C=CC[C@]1(C(=O)OC)CCCN1c1ccccc1. The molecule has 1 aromatic rings. The van der Waals surface area contributed by atoms with Gasteiger partial charge in [0.1, 0.15) is 5.54 Å². The lowest BCUT2D eigenvalue weighted by molar-refractivity contribution is -0.146. The molecule has 18 heavy (non-hydrogen) atoms. The normalized spacial score (nSPS) is 22.8. The molecule has 1 saturated heterocycles. The van der Waals surface area contributed by atoms with Crippen molar-refractivity contribution in [2.24, 2.45) is 0 Å². The molecular weight excluding hydrogens is 226 g/mol. The minimum atomic E-state index is -0.572. The molecule has 96 valence electrons. The number of rotatable bonds is 4. The molecule has 1 aliphatic rings. The number of anilines is 1. The minimum Gasteiger partial charge on any atom is -0.467 e. The highest BCUT2D eigenvalue weighted by atomic mass is 16.5. The van der Waals surface area contributed by atoms with E-state index < -0.39 is 5.54 Å². The Kier molecular flexibility index (Phi) is 3.70. The first-order valence-electron chi connectivity index (χ1n) is 6.26. The number of ether oxygens (including phenoxy) is 1. The van der Waals surface area contributed by atoms with Gasteiger partial charge in [-0.05, 0) is 31.4 Å². The lowest BCUT2D eigenvalue weighted by Crippen LogP contribution is -2.51. The molecule has 0 saturated carbocycles. The van der Waals surface area contributed by atoms with E-state index in [-0.39, 0.29) is 5.97 Å². The Morgan fingerprint density at radius 2 is 2.22 bits per heavy atom. The van der Waals surface area contributed by atoms with Crippen molar-refractivity contribution >= 4 is 11.7 Å². The second-order valence-electron chi connectivity index (χ2n) is 4.61. The Balaban J connectivity index is 2.39. The van der Waals surface area contributed by atoms with Gasteiger partial charge < -0.3 is 9.64 Å². The summed E-state index contributed by atoms with van der Waals surface area (Å²) in [4.78, 5) is 14.4. The number of benzene rings is 1. The molecule has 0 radical (unpaired) electrons. The number of para-hydroxylation sites is 1. The fourth-order valence-corrected chi connectivity index (χ4v) is 2.80. The van der Waals surface area contributed by atoms with E-state index in [0.717, 1.165) is 25.1 Å². The van der Waals surface area contributed by atoms with E-state index >= 15 is 0 Å². The van der Waals surface area contributed by atoms with Gasteiger partial charge in [0.15, 0.2) is 0 Å². The van der Waals surface area contributed by atoms with E-state index in [4.69, 9.17) is 4.74 Å². The quantitative estimate of drug-likeness (QED) is 0.603. The summed E-state index contributed by atoms with van der Waals surface area (Å²) in [5.41, 5.74) is 0.500. The lowest BCUT2D eigenvalue weighted by Gasteiger charge is -2.36. The van der Waals surface area contributed by atoms with Gasteiger partial charge in [0.05, 0.1) is 7.11 Å². The Morgan fingerprint density at radius 3 is 2.83 bits per heavy atom. The van der Waals surface area contributed by atoms with Crippen molar-refractivity contribution in [1.82, 2.24) is 0 Å². The number of esters is 1. The topological polar surface area (TPSA) is 29.5 Å². The van der Waals surface area contributed by atoms with Crippen molar-refractivity contribution in [3.63, 3.8) is 0 Å². The van der Waals surface area contributed by atoms with Crippen LogP contribution in [0, 0.1) is 0 Å². The first-order chi connectivity index (χ1) is 8.74. The summed E-state index contributed by atoms with van der Waals surface area (Å²) in [7, 11) is 1.45. The zero-order chi connectivity index (χ0) is 13.0. The summed E-state index contributed by atoms with van der Waals surface area (Å²) in [5.74, 6) is -0.163. The number of carbonyl (C=O) groups excluding carboxylic acids is 1. The van der Waals surface area contributed by atoms with E-state index in [2.05, 4.69) is 11.5 Å². The van der Waals surface area contributed by atoms with Gasteiger partial charge in [0.25, 0.3) is 0 Å². The first-order valence-corrected chi connectivity index (χ1v) is 6.26. The summed E-state index contributed by atoms with van der Waals surface area (Å²) in [6.45, 7) is 4.66. The molecule has 0 unspecified atom stereocenters. The van der Waals surface area contributed by atoms with Gasteiger partial charge in [-0.15, -0.1) is 6.58 Å². The summed E-state index contributed by atoms with van der Waals surface area (Å²) in [6, 6.07) is 10.0. The summed E-state index contributed by atoms with van der Waals surface area (Å²) >= 11 is 0. The Labute approximate surface area is 108 Å². The monoisotopic (exact) mass is 245 g/mol. The molecule has 1 fully saturated rings. The van der Waals surface area contributed by atoms with Crippen LogP contribution >= 0.6 is 0 Å². The average Bonchev–Trinajstić information content (AvgIpc) is 2.84. The summed E-state index contributed by atoms with van der Waals surface area (Å²) < 4.78 is 5.01. The lowest BCUT2D eigenvalue weighted by atomic mass is 9.91. The van der Waals surface area contributed by atoms with Gasteiger partial charge in [-0.1, -0.05) is 24.3 Å². The van der Waals surface area contributed by atoms with Crippen molar-refractivity contribution in [2.45, 2.75) is 24.8 Å². The largest absolute Gasteiger partial charge is 0.467 e. The van der Waals surface area contributed by atoms with Gasteiger partial charge in [0.2, 0.25) is 0 Å². The van der Waals surface area contributed by atoms with Gasteiger partial charge in [0, 0.05) is 12.2 Å². The fourth-order valence-electron chi connectivity index (χ4n) is 2.80. The van der Waals surface area contributed by atoms with Crippen molar-refractivity contribution in [2.75, 3.05) is 18.6 Å². The van der Waals surface area contributed by atoms with Crippen molar-refractivity contribution in [1.29, 1.82) is 0 Å². The van der Waals surface area contributed by atoms with Crippen LogP contribution in [0.5, 0.6) is 0 Å². The molecule has 0 aliphatic carbocycles. The van der Waals surface area contributed by atoms with Gasteiger partial charge in [-0.2, -0.15) is 0 Å². The third-order valence-corrected chi connectivity index (χ3v) is 3.60. The number of hydrogen-bond donors (Lipinski definition) is 0. The summed E-state index contributed by atoms with van der Waals surface area (Å²) in [5, 5.41) is 0. The van der Waals surface area contributed by atoms with E-state index in [1.807, 2.05) is 30.3 Å². The number of methoxy groups -OCH3 is 1. The molecule has 1 heterocycles. The fraction of sp³-hybridized carbons (Fsp3) is 0.400. The number of hydrogen-bond acceptors (Lipinski definition) is 3. The van der Waals surface area contributed by atoms with Crippen LogP contribution < -0.4 is 4.90 Å². The van der Waals surface area contributed by atoms with Crippen LogP contribution in [0.15, 0.2) is 43.0 Å². The summed E-state index contributed by atoms with van der Waals surface area (Å²) in [6.07, 6.45) is 4.24. The van der Waals surface area contributed by atoms with Crippen LogP contribution in [0.3, 0.4) is 0 Å². The molecule has 3 nitrogen and oxygen atoms in total. The van der Waals surface area contributed by atoms with Crippen molar-refractivity contribution in [3.8, 4) is 0 Å². The van der Waals surface area contributed by atoms with E-state index in [1.54, 1.807) is 6.08 Å². The maximum atomic E-state index is 12.2. The number of nitrogens with zero attached hydrogens (tertiary/aromatic N) is 1. The first kappa shape index (κ1) is 12.7. The van der Waals surface area contributed by atoms with Crippen LogP contribution in [-0.4, -0.2) is 25.2 Å². The third-order valence-electron chi connectivity index (χ3n) is 3.60. The van der Waals surface area contributed by atoms with Gasteiger partial charge >= 0.3 is 5.97 Å². The number of carbonyl (C=O) groups is 1.